The van der Waals surface area contributed by atoms with Gasteiger partial charge < -0.3 is 10.0 Å². The molecule has 0 amide bonds. The fourth-order valence-electron chi connectivity index (χ4n) is 2.53. The highest BCUT2D eigenvalue weighted by Crippen LogP contribution is 2.28. The SMILES string of the molecule is O=Cc1ccc(N2CCCC(CCO)C2)cc1Br. The van der Waals surface area contributed by atoms with E-state index in [9.17, 15) is 4.79 Å². The molecule has 0 radical (unpaired) electrons. The van der Waals surface area contributed by atoms with Crippen molar-refractivity contribution in [1.82, 2.24) is 0 Å². The van der Waals surface area contributed by atoms with Crippen LogP contribution in [0.4, 0.5) is 5.69 Å². The van der Waals surface area contributed by atoms with Gasteiger partial charge in [0.05, 0.1) is 0 Å². The molecule has 98 valence electrons. The van der Waals surface area contributed by atoms with Gasteiger partial charge >= 0.3 is 0 Å². The molecule has 1 aliphatic rings. The molecular formula is C14H18BrNO2. The maximum atomic E-state index is 10.8. The number of rotatable bonds is 4. The van der Waals surface area contributed by atoms with Gasteiger partial charge in [0.2, 0.25) is 0 Å². The topological polar surface area (TPSA) is 40.5 Å². The number of halogens is 1. The Morgan fingerprint density at radius 2 is 2.33 bits per heavy atom. The number of carbonyl (C=O) groups is 1. The molecule has 2 rings (SSSR count). The average molecular weight is 312 g/mol. The van der Waals surface area contributed by atoms with Crippen LogP contribution in [0.1, 0.15) is 29.6 Å². The highest BCUT2D eigenvalue weighted by atomic mass is 79.9. The van der Waals surface area contributed by atoms with Crippen molar-refractivity contribution in [1.29, 1.82) is 0 Å². The van der Waals surface area contributed by atoms with E-state index in [0.717, 1.165) is 42.4 Å². The van der Waals surface area contributed by atoms with Gasteiger partial charge in [0.15, 0.2) is 6.29 Å². The second-order valence-electron chi connectivity index (χ2n) is 4.79. The molecule has 0 aliphatic carbocycles. The molecule has 1 aromatic carbocycles. The quantitative estimate of drug-likeness (QED) is 0.869. The van der Waals surface area contributed by atoms with Crippen LogP contribution in [-0.4, -0.2) is 31.1 Å². The number of nitrogens with zero attached hydrogens (tertiary/aromatic N) is 1. The van der Waals surface area contributed by atoms with E-state index in [0.29, 0.717) is 11.5 Å². The highest BCUT2D eigenvalue weighted by Gasteiger charge is 2.20. The second kappa shape index (κ2) is 6.34. The van der Waals surface area contributed by atoms with Gasteiger partial charge in [0, 0.05) is 35.4 Å². The number of hydrogen-bond acceptors (Lipinski definition) is 3. The average Bonchev–Trinajstić information content (AvgIpc) is 2.39. The lowest BCUT2D eigenvalue weighted by Crippen LogP contribution is -2.35. The number of piperidine rings is 1. The molecule has 1 heterocycles. The van der Waals surface area contributed by atoms with E-state index in [2.05, 4.69) is 20.8 Å². The minimum absolute atomic E-state index is 0.270. The van der Waals surface area contributed by atoms with Crippen LogP contribution in [0, 0.1) is 5.92 Å². The van der Waals surface area contributed by atoms with Gasteiger partial charge in [-0.15, -0.1) is 0 Å². The third kappa shape index (κ3) is 3.12. The van der Waals surface area contributed by atoms with Gasteiger partial charge in [-0.25, -0.2) is 0 Å². The highest BCUT2D eigenvalue weighted by molar-refractivity contribution is 9.10. The largest absolute Gasteiger partial charge is 0.396 e. The summed E-state index contributed by atoms with van der Waals surface area (Å²) in [7, 11) is 0. The molecule has 4 heteroatoms. The number of aldehydes is 1. The van der Waals surface area contributed by atoms with Crippen molar-refractivity contribution in [2.45, 2.75) is 19.3 Å². The maximum absolute atomic E-state index is 10.8. The molecule has 0 aromatic heterocycles. The summed E-state index contributed by atoms with van der Waals surface area (Å²) in [5, 5.41) is 9.02. The van der Waals surface area contributed by atoms with Crippen LogP contribution in [0.15, 0.2) is 22.7 Å². The summed E-state index contributed by atoms with van der Waals surface area (Å²) < 4.78 is 0.847. The Hall–Kier alpha value is -0.870. The number of aliphatic hydroxyl groups is 1. The lowest BCUT2D eigenvalue weighted by Gasteiger charge is -2.34. The van der Waals surface area contributed by atoms with E-state index in [1.165, 1.54) is 6.42 Å². The Labute approximate surface area is 116 Å². The van der Waals surface area contributed by atoms with E-state index in [-0.39, 0.29) is 6.61 Å². The predicted molar refractivity (Wildman–Crippen MR) is 76.2 cm³/mol. The number of anilines is 1. The maximum Gasteiger partial charge on any atom is 0.151 e. The lowest BCUT2D eigenvalue weighted by molar-refractivity contribution is 0.112. The first-order valence-corrected chi connectivity index (χ1v) is 7.14. The first kappa shape index (κ1) is 13.6. The molecule has 1 saturated heterocycles. The fourth-order valence-corrected chi connectivity index (χ4v) is 2.99. The molecule has 1 unspecified atom stereocenters. The summed E-state index contributed by atoms with van der Waals surface area (Å²) in [5.41, 5.74) is 1.83. The van der Waals surface area contributed by atoms with Crippen molar-refractivity contribution in [3.8, 4) is 0 Å². The van der Waals surface area contributed by atoms with Gasteiger partial charge in [0.25, 0.3) is 0 Å². The minimum atomic E-state index is 0.270. The molecule has 1 aliphatic heterocycles. The van der Waals surface area contributed by atoms with E-state index >= 15 is 0 Å². The third-order valence-electron chi connectivity index (χ3n) is 3.53. The zero-order valence-electron chi connectivity index (χ0n) is 10.3. The van der Waals surface area contributed by atoms with Gasteiger partial charge in [-0.2, -0.15) is 0 Å². The Kier molecular flexibility index (Phi) is 4.78. The Balaban J connectivity index is 2.10. The van der Waals surface area contributed by atoms with Crippen LogP contribution in [0.25, 0.3) is 0 Å². The number of benzene rings is 1. The Bertz CT molecular complexity index is 420. The molecule has 1 aromatic rings. The molecule has 3 nitrogen and oxygen atoms in total. The summed E-state index contributed by atoms with van der Waals surface area (Å²) in [5.74, 6) is 0.577. The van der Waals surface area contributed by atoms with Gasteiger partial charge in [-0.1, -0.05) is 0 Å². The van der Waals surface area contributed by atoms with E-state index in [4.69, 9.17) is 5.11 Å². The first-order chi connectivity index (χ1) is 8.74. The summed E-state index contributed by atoms with van der Waals surface area (Å²) in [6.07, 6.45) is 4.10. The number of carbonyl (C=O) groups excluding carboxylic acids is 1. The zero-order valence-corrected chi connectivity index (χ0v) is 11.9. The summed E-state index contributed by atoms with van der Waals surface area (Å²) >= 11 is 3.42. The Morgan fingerprint density at radius 3 is 3.00 bits per heavy atom. The monoisotopic (exact) mass is 311 g/mol. The van der Waals surface area contributed by atoms with Crippen LogP contribution < -0.4 is 4.90 Å². The predicted octanol–water partition coefficient (Wildman–Crippen LogP) is 2.86. The van der Waals surface area contributed by atoms with Crippen molar-refractivity contribution in [3.05, 3.63) is 28.2 Å². The molecule has 0 spiro atoms. The molecular weight excluding hydrogens is 294 g/mol. The lowest BCUT2D eigenvalue weighted by atomic mass is 9.95. The molecule has 1 fully saturated rings. The summed E-state index contributed by atoms with van der Waals surface area (Å²) in [6.45, 7) is 2.31. The van der Waals surface area contributed by atoms with Crippen molar-refractivity contribution < 1.29 is 9.90 Å². The van der Waals surface area contributed by atoms with Crippen LogP contribution in [0.5, 0.6) is 0 Å². The minimum Gasteiger partial charge on any atom is -0.396 e. The smallest absolute Gasteiger partial charge is 0.151 e. The van der Waals surface area contributed by atoms with Crippen molar-refractivity contribution in [3.63, 3.8) is 0 Å². The van der Waals surface area contributed by atoms with Crippen LogP contribution in [0.2, 0.25) is 0 Å². The van der Waals surface area contributed by atoms with Crippen LogP contribution in [0.3, 0.4) is 0 Å². The number of hydrogen-bond donors (Lipinski definition) is 1. The zero-order chi connectivity index (χ0) is 13.0. The summed E-state index contributed by atoms with van der Waals surface area (Å²) in [4.78, 5) is 13.1. The fraction of sp³-hybridized carbons (Fsp3) is 0.500. The van der Waals surface area contributed by atoms with Crippen molar-refractivity contribution in [2.75, 3.05) is 24.6 Å². The van der Waals surface area contributed by atoms with E-state index in [1.807, 2.05) is 18.2 Å². The standard InChI is InChI=1S/C14H18BrNO2/c15-14-8-13(4-3-12(14)10-18)16-6-1-2-11(9-16)5-7-17/h3-4,8,10-11,17H,1-2,5-7,9H2. The third-order valence-corrected chi connectivity index (χ3v) is 4.22. The molecule has 1 atom stereocenters. The number of aliphatic hydroxyl groups excluding tert-OH is 1. The second-order valence-corrected chi connectivity index (χ2v) is 5.64. The molecule has 18 heavy (non-hydrogen) atoms. The van der Waals surface area contributed by atoms with Gasteiger partial charge in [-0.3, -0.25) is 4.79 Å². The molecule has 1 N–H and O–H groups in total. The van der Waals surface area contributed by atoms with Crippen molar-refractivity contribution in [2.24, 2.45) is 5.92 Å². The normalized spacial score (nSPS) is 19.9. The van der Waals surface area contributed by atoms with Gasteiger partial charge in [-0.05, 0) is 59.3 Å². The van der Waals surface area contributed by atoms with E-state index in [1.54, 1.807) is 0 Å². The van der Waals surface area contributed by atoms with E-state index < -0.39 is 0 Å². The summed E-state index contributed by atoms with van der Waals surface area (Å²) in [6, 6.07) is 5.85. The first-order valence-electron chi connectivity index (χ1n) is 6.35. The van der Waals surface area contributed by atoms with Crippen LogP contribution >= 0.6 is 15.9 Å². The molecule has 0 bridgehead atoms. The van der Waals surface area contributed by atoms with Crippen molar-refractivity contribution >= 4 is 27.9 Å². The van der Waals surface area contributed by atoms with Gasteiger partial charge in [0.1, 0.15) is 0 Å². The molecule has 0 saturated carbocycles. The van der Waals surface area contributed by atoms with Crippen LogP contribution in [-0.2, 0) is 0 Å². The Morgan fingerprint density at radius 1 is 1.50 bits per heavy atom.